The van der Waals surface area contributed by atoms with Gasteiger partial charge in [0, 0.05) is 12.6 Å². The maximum Gasteiger partial charge on any atom is 0.311 e. The van der Waals surface area contributed by atoms with E-state index in [0.29, 0.717) is 13.2 Å². The van der Waals surface area contributed by atoms with Crippen LogP contribution in [0.5, 0.6) is 5.75 Å². The zero-order valence-corrected chi connectivity index (χ0v) is 13.5. The lowest BCUT2D eigenvalue weighted by Gasteiger charge is -2.30. The summed E-state index contributed by atoms with van der Waals surface area (Å²) >= 11 is 0. The quantitative estimate of drug-likeness (QED) is 0.454. The molecule has 7 nitrogen and oxygen atoms in total. The average Bonchev–Trinajstić information content (AvgIpc) is 2.55. The zero-order valence-electron chi connectivity index (χ0n) is 13.5. The number of nitrogens with zero attached hydrogens (tertiary/aromatic N) is 2. The fourth-order valence-electron chi connectivity index (χ4n) is 2.82. The van der Waals surface area contributed by atoms with Crippen LogP contribution in [-0.4, -0.2) is 42.6 Å². The van der Waals surface area contributed by atoms with Crippen LogP contribution in [0.25, 0.3) is 0 Å². The number of nitro groups is 1. The topological polar surface area (TPSA) is 81.9 Å². The van der Waals surface area contributed by atoms with Gasteiger partial charge < -0.3 is 9.47 Å². The van der Waals surface area contributed by atoms with E-state index in [-0.39, 0.29) is 23.3 Å². The highest BCUT2D eigenvalue weighted by Gasteiger charge is 2.26. The third-order valence-electron chi connectivity index (χ3n) is 4.05. The summed E-state index contributed by atoms with van der Waals surface area (Å²) in [4.78, 5) is 24.5. The standard InChI is InChI=1S/C16H22N2O5/c1-3-23-16(19)13-6-8-17(9-7-13)11-12-4-5-15(22-2)14(10-12)18(20)21/h4-5,10,13H,3,6-9,11H2,1-2H3. The Hall–Kier alpha value is -2.15. The summed E-state index contributed by atoms with van der Waals surface area (Å²) < 4.78 is 10.1. The van der Waals surface area contributed by atoms with Crippen LogP contribution in [0, 0.1) is 16.0 Å². The van der Waals surface area contributed by atoms with Crippen molar-refractivity contribution in [2.24, 2.45) is 5.92 Å². The van der Waals surface area contributed by atoms with Gasteiger partial charge in [0.25, 0.3) is 0 Å². The van der Waals surface area contributed by atoms with E-state index in [9.17, 15) is 14.9 Å². The van der Waals surface area contributed by atoms with Gasteiger partial charge in [-0.25, -0.2) is 0 Å². The maximum atomic E-state index is 11.7. The molecule has 126 valence electrons. The SMILES string of the molecule is CCOC(=O)C1CCN(Cc2ccc(OC)c([N+](=O)[O-])c2)CC1. The Morgan fingerprint density at radius 1 is 1.39 bits per heavy atom. The molecule has 1 fully saturated rings. The minimum Gasteiger partial charge on any atom is -0.490 e. The fraction of sp³-hybridized carbons (Fsp3) is 0.562. The normalized spacial score (nSPS) is 16.1. The molecule has 0 spiro atoms. The summed E-state index contributed by atoms with van der Waals surface area (Å²) in [6, 6.07) is 5.01. The number of esters is 1. The molecule has 0 aromatic heterocycles. The van der Waals surface area contributed by atoms with Crippen LogP contribution >= 0.6 is 0 Å². The number of hydrogen-bond acceptors (Lipinski definition) is 6. The molecule has 1 heterocycles. The summed E-state index contributed by atoms with van der Waals surface area (Å²) in [7, 11) is 1.42. The highest BCUT2D eigenvalue weighted by Crippen LogP contribution is 2.28. The van der Waals surface area contributed by atoms with Gasteiger partial charge in [-0.1, -0.05) is 6.07 Å². The Morgan fingerprint density at radius 2 is 2.09 bits per heavy atom. The van der Waals surface area contributed by atoms with Crippen molar-refractivity contribution in [3.05, 3.63) is 33.9 Å². The fourth-order valence-corrected chi connectivity index (χ4v) is 2.82. The molecule has 1 aromatic rings. The summed E-state index contributed by atoms with van der Waals surface area (Å²) in [5.74, 6) is 0.114. The van der Waals surface area contributed by atoms with Crippen molar-refractivity contribution in [2.45, 2.75) is 26.3 Å². The van der Waals surface area contributed by atoms with Gasteiger partial charge in [0.1, 0.15) is 0 Å². The van der Waals surface area contributed by atoms with Crippen molar-refractivity contribution < 1.29 is 19.2 Å². The molecule has 1 aromatic carbocycles. The lowest BCUT2D eigenvalue weighted by Crippen LogP contribution is -2.36. The third kappa shape index (κ3) is 4.41. The van der Waals surface area contributed by atoms with Crippen LogP contribution in [-0.2, 0) is 16.1 Å². The number of nitro benzene ring substituents is 1. The molecule has 1 aliphatic rings. The van der Waals surface area contributed by atoms with Gasteiger partial charge in [-0.2, -0.15) is 0 Å². The summed E-state index contributed by atoms with van der Waals surface area (Å²) in [6.07, 6.45) is 1.52. The first-order chi connectivity index (χ1) is 11.0. The van der Waals surface area contributed by atoms with Crippen molar-refractivity contribution in [2.75, 3.05) is 26.8 Å². The van der Waals surface area contributed by atoms with Gasteiger partial charge in [-0.05, 0) is 44.5 Å². The number of carbonyl (C=O) groups excluding carboxylic acids is 1. The van der Waals surface area contributed by atoms with Gasteiger partial charge in [0.05, 0.1) is 24.6 Å². The van der Waals surface area contributed by atoms with E-state index in [2.05, 4.69) is 4.90 Å². The number of rotatable bonds is 6. The first kappa shape index (κ1) is 17.2. The van der Waals surface area contributed by atoms with E-state index in [1.165, 1.54) is 7.11 Å². The van der Waals surface area contributed by atoms with E-state index in [4.69, 9.17) is 9.47 Å². The Morgan fingerprint density at radius 3 is 2.65 bits per heavy atom. The third-order valence-corrected chi connectivity index (χ3v) is 4.05. The minimum atomic E-state index is -0.435. The molecule has 23 heavy (non-hydrogen) atoms. The van der Waals surface area contributed by atoms with Crippen LogP contribution in [0.2, 0.25) is 0 Å². The Balaban J connectivity index is 1.95. The molecule has 1 aliphatic heterocycles. The van der Waals surface area contributed by atoms with Crippen molar-refractivity contribution in [3.8, 4) is 5.75 Å². The second kappa shape index (κ2) is 7.92. The van der Waals surface area contributed by atoms with Crippen molar-refractivity contribution in [1.82, 2.24) is 4.90 Å². The van der Waals surface area contributed by atoms with E-state index in [1.54, 1.807) is 12.1 Å². The smallest absolute Gasteiger partial charge is 0.311 e. The van der Waals surface area contributed by atoms with Crippen LogP contribution in [0.4, 0.5) is 5.69 Å². The van der Waals surface area contributed by atoms with E-state index in [0.717, 1.165) is 31.5 Å². The molecule has 0 amide bonds. The molecule has 0 bridgehead atoms. The van der Waals surface area contributed by atoms with Gasteiger partial charge in [0.2, 0.25) is 0 Å². The Labute approximate surface area is 135 Å². The van der Waals surface area contributed by atoms with Gasteiger partial charge in [-0.3, -0.25) is 19.8 Å². The van der Waals surface area contributed by atoms with Crippen LogP contribution in [0.3, 0.4) is 0 Å². The van der Waals surface area contributed by atoms with E-state index in [1.807, 2.05) is 13.0 Å². The predicted molar refractivity (Wildman–Crippen MR) is 84.3 cm³/mol. The van der Waals surface area contributed by atoms with Gasteiger partial charge in [0.15, 0.2) is 5.75 Å². The number of benzene rings is 1. The van der Waals surface area contributed by atoms with E-state index < -0.39 is 4.92 Å². The second-order valence-electron chi connectivity index (χ2n) is 5.57. The second-order valence-corrected chi connectivity index (χ2v) is 5.57. The predicted octanol–water partition coefficient (Wildman–Crippen LogP) is 2.38. The molecule has 0 unspecified atom stereocenters. The molecule has 0 N–H and O–H groups in total. The monoisotopic (exact) mass is 322 g/mol. The number of carbonyl (C=O) groups is 1. The average molecular weight is 322 g/mol. The number of likely N-dealkylation sites (tertiary alicyclic amines) is 1. The molecule has 0 saturated carbocycles. The molecule has 0 radical (unpaired) electrons. The summed E-state index contributed by atoms with van der Waals surface area (Å²) in [5.41, 5.74) is 0.846. The zero-order chi connectivity index (χ0) is 16.8. The molecule has 0 aliphatic carbocycles. The number of ether oxygens (including phenoxy) is 2. The largest absolute Gasteiger partial charge is 0.490 e. The van der Waals surface area contributed by atoms with Gasteiger partial charge in [-0.15, -0.1) is 0 Å². The Bertz CT molecular complexity index is 568. The summed E-state index contributed by atoms with van der Waals surface area (Å²) in [6.45, 7) is 4.41. The highest BCUT2D eigenvalue weighted by molar-refractivity contribution is 5.72. The highest BCUT2D eigenvalue weighted by atomic mass is 16.6. The van der Waals surface area contributed by atoms with Gasteiger partial charge >= 0.3 is 11.7 Å². The molecular weight excluding hydrogens is 300 g/mol. The molecule has 2 rings (SSSR count). The number of piperidine rings is 1. The lowest BCUT2D eigenvalue weighted by molar-refractivity contribution is -0.385. The van der Waals surface area contributed by atoms with Crippen LogP contribution in [0.1, 0.15) is 25.3 Å². The Kier molecular flexibility index (Phi) is 5.92. The van der Waals surface area contributed by atoms with Crippen LogP contribution in [0.15, 0.2) is 18.2 Å². The lowest BCUT2D eigenvalue weighted by atomic mass is 9.96. The number of hydrogen-bond donors (Lipinski definition) is 0. The molecule has 1 saturated heterocycles. The van der Waals surface area contributed by atoms with Crippen molar-refractivity contribution >= 4 is 11.7 Å². The minimum absolute atomic E-state index is 0.0218. The van der Waals surface area contributed by atoms with Crippen molar-refractivity contribution in [1.29, 1.82) is 0 Å². The first-order valence-corrected chi connectivity index (χ1v) is 7.75. The summed E-state index contributed by atoms with van der Waals surface area (Å²) in [5, 5.41) is 11.1. The van der Waals surface area contributed by atoms with E-state index >= 15 is 0 Å². The molecule has 0 atom stereocenters. The maximum absolute atomic E-state index is 11.7. The molecule has 7 heteroatoms. The molecular formula is C16H22N2O5. The van der Waals surface area contributed by atoms with Crippen LogP contribution < -0.4 is 4.74 Å². The van der Waals surface area contributed by atoms with Crippen molar-refractivity contribution in [3.63, 3.8) is 0 Å². The first-order valence-electron chi connectivity index (χ1n) is 7.75. The number of methoxy groups -OCH3 is 1.